The van der Waals surface area contributed by atoms with Gasteiger partial charge in [0.2, 0.25) is 0 Å². The first-order valence-corrected chi connectivity index (χ1v) is 2.06. The number of aromatic nitrogens is 2. The molecule has 0 aliphatic rings. The number of nitrogen functional groups attached to an aromatic ring is 2. The fourth-order valence-electron chi connectivity index (χ4n) is 0.379. The van der Waals surface area contributed by atoms with E-state index in [1.807, 2.05) is 0 Å². The van der Waals surface area contributed by atoms with E-state index < -0.39 is 0 Å². The number of hydrogen-bond acceptors (Lipinski definition) is 3. The van der Waals surface area contributed by atoms with Crippen LogP contribution in [-0.4, -0.2) is 18.0 Å². The highest BCUT2D eigenvalue weighted by Gasteiger charge is 1.97. The van der Waals surface area contributed by atoms with E-state index in [4.69, 9.17) is 19.3 Å². The summed E-state index contributed by atoms with van der Waals surface area (Å²) in [6, 6.07) is 0. The Labute approximate surface area is 47.7 Å². The number of H-pyrrole nitrogens is 1. The molecule has 1 aromatic heterocycles. The molecular weight excluding hydrogens is 103 g/mol. The molecule has 1 heterocycles. The van der Waals surface area contributed by atoms with Crippen LogP contribution >= 0.6 is 0 Å². The third-order valence-electron chi connectivity index (χ3n) is 0.863. The van der Waals surface area contributed by atoms with Crippen LogP contribution in [0.2, 0.25) is 0 Å². The van der Waals surface area contributed by atoms with Gasteiger partial charge in [0.05, 0.1) is 0 Å². The van der Waals surface area contributed by atoms with Gasteiger partial charge < -0.3 is 11.5 Å². The minimum Gasteiger partial charge on any atom is -0.385 e. The van der Waals surface area contributed by atoms with Crippen LogP contribution in [0.5, 0.6) is 0 Å². The molecule has 0 fully saturated rings. The van der Waals surface area contributed by atoms with Crippen molar-refractivity contribution in [3.8, 4) is 0 Å². The second-order valence-corrected chi connectivity index (χ2v) is 1.44. The lowest BCUT2D eigenvalue weighted by Crippen LogP contribution is -2.10. The summed E-state index contributed by atoms with van der Waals surface area (Å²) in [5.74, 6) is 0.574. The summed E-state index contributed by atoms with van der Waals surface area (Å²) in [5, 5.41) is 5.93. The van der Waals surface area contributed by atoms with Gasteiger partial charge in [0, 0.05) is 0 Å². The first kappa shape index (κ1) is 5.02. The Hall–Kier alpha value is -1.13. The molecule has 0 aromatic carbocycles. The van der Waals surface area contributed by atoms with Crippen LogP contribution in [0.1, 0.15) is 0 Å². The number of nitrogens with two attached hydrogens (primary N) is 2. The van der Waals surface area contributed by atoms with Gasteiger partial charge in [-0.1, -0.05) is 0 Å². The van der Waals surface area contributed by atoms with Crippen LogP contribution in [0.15, 0.2) is 0 Å². The van der Waals surface area contributed by atoms with Gasteiger partial charge in [0.1, 0.15) is 19.5 Å². The molecule has 5 heteroatoms. The molecule has 2 radical (unpaired) electrons. The summed E-state index contributed by atoms with van der Waals surface area (Å²) in [6.07, 6.45) is 0. The largest absolute Gasteiger partial charge is 0.385 e. The summed E-state index contributed by atoms with van der Waals surface area (Å²) in [4.78, 5) is 0. The Morgan fingerprint density at radius 2 is 2.12 bits per heavy atom. The van der Waals surface area contributed by atoms with Crippen LogP contribution < -0.4 is 16.9 Å². The normalized spacial score (nSPS) is 9.50. The van der Waals surface area contributed by atoms with Gasteiger partial charge >= 0.3 is 0 Å². The summed E-state index contributed by atoms with van der Waals surface area (Å²) >= 11 is 0. The van der Waals surface area contributed by atoms with Crippen LogP contribution in [0.25, 0.3) is 0 Å². The number of hydrogen-bond donors (Lipinski definition) is 3. The van der Waals surface area contributed by atoms with Crippen molar-refractivity contribution in [3.63, 3.8) is 0 Å². The number of nitrogens with one attached hydrogen (secondary N) is 1. The Morgan fingerprint density at radius 3 is 2.25 bits per heavy atom. The zero-order valence-electron chi connectivity index (χ0n) is 4.18. The van der Waals surface area contributed by atoms with Crippen LogP contribution in [0.3, 0.4) is 0 Å². The second-order valence-electron chi connectivity index (χ2n) is 1.44. The van der Waals surface area contributed by atoms with Gasteiger partial charge in [-0.2, -0.15) is 5.10 Å². The lowest BCUT2D eigenvalue weighted by molar-refractivity contribution is 1.11. The van der Waals surface area contributed by atoms with Crippen LogP contribution in [-0.2, 0) is 0 Å². The number of aromatic amines is 1. The Bertz CT molecular complexity index is 174. The van der Waals surface area contributed by atoms with Gasteiger partial charge in [-0.15, -0.1) is 0 Å². The minimum absolute atomic E-state index is 0.252. The summed E-state index contributed by atoms with van der Waals surface area (Å²) in [6.45, 7) is 0. The zero-order chi connectivity index (χ0) is 6.15. The van der Waals surface area contributed by atoms with Crippen molar-refractivity contribution in [2.75, 3.05) is 11.5 Å². The highest BCUT2D eigenvalue weighted by atomic mass is 15.2. The van der Waals surface area contributed by atoms with Gasteiger partial charge in [-0.3, -0.25) is 5.10 Å². The lowest BCUT2D eigenvalue weighted by atomic mass is 9.99. The van der Waals surface area contributed by atoms with E-state index >= 15 is 0 Å². The molecule has 0 amide bonds. The van der Waals surface area contributed by atoms with Crippen molar-refractivity contribution < 1.29 is 0 Å². The van der Waals surface area contributed by atoms with Gasteiger partial charge in [-0.05, 0) is 5.46 Å². The van der Waals surface area contributed by atoms with Crippen LogP contribution in [0, 0.1) is 0 Å². The average molecular weight is 108 g/mol. The van der Waals surface area contributed by atoms with Crippen molar-refractivity contribution in [2.45, 2.75) is 0 Å². The van der Waals surface area contributed by atoms with E-state index in [-0.39, 0.29) is 5.82 Å². The molecule has 8 heavy (non-hydrogen) atoms. The van der Waals surface area contributed by atoms with E-state index in [1.54, 1.807) is 0 Å². The highest BCUT2D eigenvalue weighted by molar-refractivity contribution is 6.38. The molecule has 5 N–H and O–H groups in total. The Balaban J connectivity index is 3.19. The predicted octanol–water partition coefficient (Wildman–Crippen LogP) is -1.63. The maximum absolute atomic E-state index is 5.26. The van der Waals surface area contributed by atoms with Crippen molar-refractivity contribution >= 4 is 24.9 Å². The monoisotopic (exact) mass is 108 g/mol. The molecule has 0 bridgehead atoms. The molecule has 1 aromatic rings. The molecule has 0 saturated heterocycles. The quantitative estimate of drug-likeness (QED) is 0.349. The summed E-state index contributed by atoms with van der Waals surface area (Å²) < 4.78 is 0. The number of anilines is 2. The van der Waals surface area contributed by atoms with Gasteiger partial charge in [0.15, 0.2) is 0 Å². The third kappa shape index (κ3) is 0.519. The molecule has 1 rings (SSSR count). The minimum atomic E-state index is 0.252. The molecule has 0 atom stereocenters. The van der Waals surface area contributed by atoms with Crippen molar-refractivity contribution in [2.24, 2.45) is 0 Å². The molecule has 0 saturated carbocycles. The van der Waals surface area contributed by atoms with E-state index in [2.05, 4.69) is 10.2 Å². The Morgan fingerprint density at radius 1 is 1.50 bits per heavy atom. The molecule has 0 aliphatic carbocycles. The van der Waals surface area contributed by atoms with Crippen molar-refractivity contribution in [3.05, 3.63) is 0 Å². The third-order valence-corrected chi connectivity index (χ3v) is 0.863. The second kappa shape index (κ2) is 1.43. The molecule has 0 spiro atoms. The molecular formula is C3H5BN4. The van der Waals surface area contributed by atoms with E-state index in [0.29, 0.717) is 11.3 Å². The first-order chi connectivity index (χ1) is 3.72. The fourth-order valence-corrected chi connectivity index (χ4v) is 0.379. The molecule has 4 nitrogen and oxygen atoms in total. The highest BCUT2D eigenvalue weighted by Crippen LogP contribution is 1.93. The van der Waals surface area contributed by atoms with E-state index in [9.17, 15) is 0 Å². The lowest BCUT2D eigenvalue weighted by Gasteiger charge is -1.84. The van der Waals surface area contributed by atoms with Crippen LogP contribution in [0.4, 0.5) is 11.6 Å². The number of nitrogens with zero attached hydrogens (tertiary/aromatic N) is 1. The first-order valence-electron chi connectivity index (χ1n) is 2.06. The Kier molecular flexibility index (Phi) is 0.899. The molecule has 40 valence electrons. The van der Waals surface area contributed by atoms with Crippen molar-refractivity contribution in [1.29, 1.82) is 0 Å². The number of rotatable bonds is 0. The zero-order valence-corrected chi connectivity index (χ0v) is 4.18. The van der Waals surface area contributed by atoms with E-state index in [0.717, 1.165) is 0 Å². The topological polar surface area (TPSA) is 80.7 Å². The smallest absolute Gasteiger partial charge is 0.140 e. The SMILES string of the molecule is [B]c1c(N)n[nH]c1N. The standard InChI is InChI=1S/C3H5BN4/c4-1-2(5)7-8-3(1)6/h(H5,5,6,7,8). The summed E-state index contributed by atoms with van der Waals surface area (Å²) in [5.41, 5.74) is 10.7. The maximum Gasteiger partial charge on any atom is 0.140 e. The fraction of sp³-hybridized carbons (Fsp3) is 0. The average Bonchev–Trinajstić information content (AvgIpc) is 1.98. The molecule has 0 aliphatic heterocycles. The maximum atomic E-state index is 5.26. The van der Waals surface area contributed by atoms with Crippen molar-refractivity contribution in [1.82, 2.24) is 10.2 Å². The summed E-state index contributed by atoms with van der Waals surface area (Å²) in [7, 11) is 5.26. The van der Waals surface area contributed by atoms with Gasteiger partial charge in [0.25, 0.3) is 0 Å². The van der Waals surface area contributed by atoms with E-state index in [1.165, 1.54) is 0 Å². The molecule has 0 unspecified atom stereocenters. The van der Waals surface area contributed by atoms with Gasteiger partial charge in [-0.25, -0.2) is 0 Å². The predicted molar refractivity (Wildman–Crippen MR) is 32.8 cm³/mol.